The van der Waals surface area contributed by atoms with Crippen LogP contribution in [-0.4, -0.2) is 28.1 Å². The van der Waals surface area contributed by atoms with Gasteiger partial charge in [0.15, 0.2) is 6.10 Å². The lowest BCUT2D eigenvalue weighted by molar-refractivity contribution is -0.128. The summed E-state index contributed by atoms with van der Waals surface area (Å²) in [6, 6.07) is 12.2. The zero-order chi connectivity index (χ0) is 20.1. The fourth-order valence-electron chi connectivity index (χ4n) is 2.45. The molecule has 144 valence electrons. The van der Waals surface area contributed by atoms with E-state index in [1.807, 2.05) is 26.0 Å². The standard InChI is InChI=1S/C20H20N4O4/c1-12-5-4-6-17(13(12)2)28-14(3)18(25)22-23-19(26)15-7-9-16(10-8-15)20-24-21-11-27-20/h4-11,14H,1-3H3,(H,22,25)(H,23,26)/t14-/m0/s1. The Hall–Kier alpha value is -3.68. The average Bonchev–Trinajstić information content (AvgIpc) is 3.24. The van der Waals surface area contributed by atoms with Crippen molar-refractivity contribution in [1.29, 1.82) is 0 Å². The molecule has 0 saturated carbocycles. The summed E-state index contributed by atoms with van der Waals surface area (Å²) in [5, 5.41) is 7.40. The third-order valence-electron chi connectivity index (χ3n) is 4.28. The zero-order valence-corrected chi connectivity index (χ0v) is 15.7. The molecule has 0 aliphatic heterocycles. The van der Waals surface area contributed by atoms with Crippen LogP contribution in [0.5, 0.6) is 5.75 Å². The quantitative estimate of drug-likeness (QED) is 0.659. The molecule has 1 atom stereocenters. The van der Waals surface area contributed by atoms with E-state index >= 15 is 0 Å². The Kier molecular flexibility index (Phi) is 5.69. The van der Waals surface area contributed by atoms with E-state index in [4.69, 9.17) is 9.15 Å². The lowest BCUT2D eigenvalue weighted by Gasteiger charge is -2.17. The van der Waals surface area contributed by atoms with Crippen LogP contribution < -0.4 is 15.6 Å². The number of ether oxygens (including phenoxy) is 1. The topological polar surface area (TPSA) is 106 Å². The number of hydrogen-bond acceptors (Lipinski definition) is 6. The first-order chi connectivity index (χ1) is 13.5. The summed E-state index contributed by atoms with van der Waals surface area (Å²) in [7, 11) is 0. The van der Waals surface area contributed by atoms with Crippen LogP contribution in [0.1, 0.15) is 28.4 Å². The molecule has 0 aliphatic rings. The molecular formula is C20H20N4O4. The number of benzene rings is 2. The highest BCUT2D eigenvalue weighted by atomic mass is 16.5. The largest absolute Gasteiger partial charge is 0.481 e. The highest BCUT2D eigenvalue weighted by molar-refractivity contribution is 5.96. The summed E-state index contributed by atoms with van der Waals surface area (Å²) in [5.41, 5.74) is 7.84. The molecule has 0 aliphatic carbocycles. The van der Waals surface area contributed by atoms with Crippen molar-refractivity contribution in [3.05, 3.63) is 65.5 Å². The number of nitrogens with zero attached hydrogens (tertiary/aromatic N) is 2. The lowest BCUT2D eigenvalue weighted by atomic mass is 10.1. The normalized spacial score (nSPS) is 11.5. The van der Waals surface area contributed by atoms with Gasteiger partial charge in [-0.05, 0) is 62.2 Å². The Balaban J connectivity index is 1.55. The van der Waals surface area contributed by atoms with Crippen molar-refractivity contribution >= 4 is 11.8 Å². The van der Waals surface area contributed by atoms with Crippen LogP contribution in [0.3, 0.4) is 0 Å². The molecule has 0 bridgehead atoms. The van der Waals surface area contributed by atoms with Crippen LogP contribution in [0, 0.1) is 13.8 Å². The van der Waals surface area contributed by atoms with E-state index in [1.165, 1.54) is 6.39 Å². The summed E-state index contributed by atoms with van der Waals surface area (Å²) >= 11 is 0. The lowest BCUT2D eigenvalue weighted by Crippen LogP contribution is -2.47. The first-order valence-corrected chi connectivity index (χ1v) is 8.65. The number of carbonyl (C=O) groups is 2. The Morgan fingerprint density at radius 3 is 2.50 bits per heavy atom. The minimum absolute atomic E-state index is 0.359. The number of carbonyl (C=O) groups excluding carboxylic acids is 2. The zero-order valence-electron chi connectivity index (χ0n) is 15.7. The van der Waals surface area contributed by atoms with Crippen LogP contribution in [0.15, 0.2) is 53.3 Å². The average molecular weight is 380 g/mol. The minimum Gasteiger partial charge on any atom is -0.481 e. The molecule has 3 rings (SSSR count). The Morgan fingerprint density at radius 2 is 1.82 bits per heavy atom. The molecule has 0 spiro atoms. The highest BCUT2D eigenvalue weighted by Gasteiger charge is 2.17. The third-order valence-corrected chi connectivity index (χ3v) is 4.28. The maximum absolute atomic E-state index is 12.2. The van der Waals surface area contributed by atoms with E-state index in [0.29, 0.717) is 22.8 Å². The number of aryl methyl sites for hydroxylation is 1. The molecular weight excluding hydrogens is 360 g/mol. The molecule has 8 heteroatoms. The summed E-state index contributed by atoms with van der Waals surface area (Å²) in [6.45, 7) is 5.51. The smallest absolute Gasteiger partial charge is 0.279 e. The van der Waals surface area contributed by atoms with Gasteiger partial charge in [0.05, 0.1) is 0 Å². The summed E-state index contributed by atoms with van der Waals surface area (Å²) in [5.74, 6) is 0.0735. The molecule has 2 amide bonds. The second-order valence-electron chi connectivity index (χ2n) is 6.22. The van der Waals surface area contributed by atoms with Gasteiger partial charge < -0.3 is 9.15 Å². The molecule has 0 saturated heterocycles. The van der Waals surface area contributed by atoms with Gasteiger partial charge in [0.1, 0.15) is 5.75 Å². The van der Waals surface area contributed by atoms with Crippen molar-refractivity contribution in [3.63, 3.8) is 0 Å². The van der Waals surface area contributed by atoms with Crippen molar-refractivity contribution < 1.29 is 18.7 Å². The number of rotatable bonds is 5. The number of hydrogen-bond donors (Lipinski definition) is 2. The molecule has 28 heavy (non-hydrogen) atoms. The van der Waals surface area contributed by atoms with Gasteiger partial charge in [0.25, 0.3) is 11.8 Å². The van der Waals surface area contributed by atoms with E-state index in [0.717, 1.165) is 11.1 Å². The van der Waals surface area contributed by atoms with E-state index in [1.54, 1.807) is 37.3 Å². The van der Waals surface area contributed by atoms with Crippen LogP contribution in [0.4, 0.5) is 0 Å². The first-order valence-electron chi connectivity index (χ1n) is 8.65. The highest BCUT2D eigenvalue weighted by Crippen LogP contribution is 2.21. The summed E-state index contributed by atoms with van der Waals surface area (Å²) in [6.07, 6.45) is 0.452. The third kappa shape index (κ3) is 4.35. The Labute approximate surface area is 161 Å². The van der Waals surface area contributed by atoms with E-state index in [-0.39, 0.29) is 0 Å². The number of aromatic nitrogens is 2. The number of hydrazine groups is 1. The molecule has 0 radical (unpaired) electrons. The second-order valence-corrected chi connectivity index (χ2v) is 6.22. The van der Waals surface area contributed by atoms with E-state index < -0.39 is 17.9 Å². The van der Waals surface area contributed by atoms with Crippen LogP contribution in [0.2, 0.25) is 0 Å². The second kappa shape index (κ2) is 8.34. The van der Waals surface area contributed by atoms with E-state index in [2.05, 4.69) is 21.0 Å². The maximum Gasteiger partial charge on any atom is 0.279 e. The van der Waals surface area contributed by atoms with Crippen molar-refractivity contribution in [3.8, 4) is 17.2 Å². The minimum atomic E-state index is -0.777. The summed E-state index contributed by atoms with van der Waals surface area (Å²) < 4.78 is 10.8. The van der Waals surface area contributed by atoms with Gasteiger partial charge in [-0.1, -0.05) is 12.1 Å². The van der Waals surface area contributed by atoms with Gasteiger partial charge >= 0.3 is 0 Å². The predicted molar refractivity (Wildman–Crippen MR) is 101 cm³/mol. The molecule has 3 aromatic rings. The fourth-order valence-corrected chi connectivity index (χ4v) is 2.45. The maximum atomic E-state index is 12.2. The van der Waals surface area contributed by atoms with Gasteiger partial charge in [-0.3, -0.25) is 20.4 Å². The fraction of sp³-hybridized carbons (Fsp3) is 0.200. The molecule has 8 nitrogen and oxygen atoms in total. The van der Waals surface area contributed by atoms with Crippen molar-refractivity contribution in [2.45, 2.75) is 26.9 Å². The number of amides is 2. The van der Waals surface area contributed by atoms with Crippen LogP contribution in [-0.2, 0) is 4.79 Å². The van der Waals surface area contributed by atoms with Gasteiger partial charge in [0, 0.05) is 11.1 Å². The van der Waals surface area contributed by atoms with Crippen molar-refractivity contribution in [2.75, 3.05) is 0 Å². The van der Waals surface area contributed by atoms with Gasteiger partial charge in [-0.15, -0.1) is 10.2 Å². The predicted octanol–water partition coefficient (Wildman–Crippen LogP) is 2.58. The van der Waals surface area contributed by atoms with Crippen LogP contribution >= 0.6 is 0 Å². The van der Waals surface area contributed by atoms with Crippen molar-refractivity contribution in [2.24, 2.45) is 0 Å². The van der Waals surface area contributed by atoms with Crippen molar-refractivity contribution in [1.82, 2.24) is 21.0 Å². The van der Waals surface area contributed by atoms with E-state index in [9.17, 15) is 9.59 Å². The van der Waals surface area contributed by atoms with Crippen LogP contribution in [0.25, 0.3) is 11.5 Å². The monoisotopic (exact) mass is 380 g/mol. The molecule has 2 aromatic carbocycles. The van der Waals surface area contributed by atoms with Gasteiger partial charge in [-0.2, -0.15) is 0 Å². The molecule has 0 unspecified atom stereocenters. The molecule has 1 aromatic heterocycles. The summed E-state index contributed by atoms with van der Waals surface area (Å²) in [4.78, 5) is 24.4. The molecule has 1 heterocycles. The first kappa shape index (κ1) is 19.1. The van der Waals surface area contributed by atoms with Gasteiger partial charge in [0.2, 0.25) is 12.3 Å². The Morgan fingerprint density at radius 1 is 1.07 bits per heavy atom. The molecule has 2 N–H and O–H groups in total. The number of nitrogens with one attached hydrogen (secondary N) is 2. The SMILES string of the molecule is Cc1cccc(O[C@@H](C)C(=O)NNC(=O)c2ccc(-c3nnco3)cc2)c1C. The Bertz CT molecular complexity index is 968. The van der Waals surface area contributed by atoms with Gasteiger partial charge in [-0.25, -0.2) is 0 Å². The molecule has 0 fully saturated rings.